The van der Waals surface area contributed by atoms with Gasteiger partial charge < -0.3 is 9.42 Å². The van der Waals surface area contributed by atoms with Crippen LogP contribution in [0.1, 0.15) is 48.2 Å². The lowest BCUT2D eigenvalue weighted by Gasteiger charge is -2.20. The Bertz CT molecular complexity index is 953. The number of rotatable bonds is 4. The predicted molar refractivity (Wildman–Crippen MR) is 101 cm³/mol. The van der Waals surface area contributed by atoms with Crippen LogP contribution in [0, 0.1) is 12.7 Å². The van der Waals surface area contributed by atoms with Crippen LogP contribution in [0.25, 0.3) is 0 Å². The summed E-state index contributed by atoms with van der Waals surface area (Å²) in [5.41, 5.74) is 2.64. The van der Waals surface area contributed by atoms with Crippen LogP contribution >= 0.6 is 0 Å². The zero-order valence-electron chi connectivity index (χ0n) is 15.6. The second-order valence-corrected chi connectivity index (χ2v) is 7.10. The average molecular weight is 380 g/mol. The Morgan fingerprint density at radius 1 is 1.21 bits per heavy atom. The number of benzene rings is 1. The Balaban J connectivity index is 1.45. The molecule has 0 spiro atoms. The van der Waals surface area contributed by atoms with Crippen LogP contribution in [0.4, 0.5) is 10.1 Å². The van der Waals surface area contributed by atoms with Crippen molar-refractivity contribution in [3.63, 3.8) is 0 Å². The summed E-state index contributed by atoms with van der Waals surface area (Å²) in [7, 11) is 0. The first-order valence-electron chi connectivity index (χ1n) is 9.38. The summed E-state index contributed by atoms with van der Waals surface area (Å²) in [6.45, 7) is 2.57. The molecule has 4 rings (SSSR count). The summed E-state index contributed by atoms with van der Waals surface area (Å²) in [6.07, 6.45) is 4.18. The number of amides is 1. The summed E-state index contributed by atoms with van der Waals surface area (Å²) in [4.78, 5) is 23.3. The molecule has 1 aliphatic heterocycles. The van der Waals surface area contributed by atoms with E-state index in [1.165, 1.54) is 12.1 Å². The van der Waals surface area contributed by atoms with Gasteiger partial charge in [0.05, 0.1) is 18.3 Å². The largest absolute Gasteiger partial charge is 0.339 e. The van der Waals surface area contributed by atoms with Crippen molar-refractivity contribution in [1.29, 1.82) is 0 Å². The van der Waals surface area contributed by atoms with Gasteiger partial charge in [0.25, 0.3) is 0 Å². The van der Waals surface area contributed by atoms with E-state index in [1.807, 2.05) is 19.1 Å². The summed E-state index contributed by atoms with van der Waals surface area (Å²) in [5, 5.41) is 4.10. The Morgan fingerprint density at radius 3 is 2.79 bits per heavy atom. The maximum absolute atomic E-state index is 13.0. The van der Waals surface area contributed by atoms with Crippen molar-refractivity contribution in [2.75, 3.05) is 11.4 Å². The van der Waals surface area contributed by atoms with Crippen LogP contribution in [-0.4, -0.2) is 27.6 Å². The lowest BCUT2D eigenvalue weighted by molar-refractivity contribution is -0.118. The van der Waals surface area contributed by atoms with Gasteiger partial charge in [0.15, 0.2) is 5.82 Å². The number of halogens is 1. The fraction of sp³-hybridized carbons (Fsp3) is 0.333. The number of pyridine rings is 1. The molecule has 1 saturated heterocycles. The minimum absolute atomic E-state index is 0.0398. The van der Waals surface area contributed by atoms with Gasteiger partial charge in [-0.05, 0) is 49.6 Å². The first-order chi connectivity index (χ1) is 13.6. The zero-order chi connectivity index (χ0) is 19.5. The number of hydrogen-bond acceptors (Lipinski definition) is 5. The van der Waals surface area contributed by atoms with Gasteiger partial charge in [0, 0.05) is 24.6 Å². The van der Waals surface area contributed by atoms with Crippen molar-refractivity contribution in [3.05, 3.63) is 71.4 Å². The van der Waals surface area contributed by atoms with Gasteiger partial charge in [0.2, 0.25) is 11.8 Å². The molecule has 1 aromatic carbocycles. The Kier molecular flexibility index (Phi) is 5.14. The van der Waals surface area contributed by atoms with Gasteiger partial charge in [0.1, 0.15) is 5.82 Å². The van der Waals surface area contributed by atoms with E-state index in [0.29, 0.717) is 31.1 Å². The molecule has 0 N–H and O–H groups in total. The van der Waals surface area contributed by atoms with Crippen molar-refractivity contribution in [2.24, 2.45) is 0 Å². The average Bonchev–Trinajstić information content (AvgIpc) is 3.06. The quantitative estimate of drug-likeness (QED) is 0.688. The molecule has 0 bridgehead atoms. The first kappa shape index (κ1) is 18.3. The molecular formula is C21H21FN4O2. The molecule has 1 amide bonds. The van der Waals surface area contributed by atoms with E-state index in [0.717, 1.165) is 29.8 Å². The molecule has 1 aliphatic rings. The van der Waals surface area contributed by atoms with Crippen LogP contribution in [0.5, 0.6) is 0 Å². The number of aryl methyl sites for hydroxylation is 1. The first-order valence-corrected chi connectivity index (χ1v) is 9.38. The molecule has 0 aliphatic carbocycles. The van der Waals surface area contributed by atoms with Gasteiger partial charge in [-0.15, -0.1) is 0 Å². The Labute approximate surface area is 162 Å². The molecule has 1 atom stereocenters. The fourth-order valence-electron chi connectivity index (χ4n) is 3.44. The lowest BCUT2D eigenvalue weighted by Crippen LogP contribution is -2.30. The predicted octanol–water partition coefficient (Wildman–Crippen LogP) is 3.80. The Hall–Kier alpha value is -3.09. The van der Waals surface area contributed by atoms with Crippen molar-refractivity contribution in [1.82, 2.24) is 15.1 Å². The van der Waals surface area contributed by atoms with Gasteiger partial charge in [-0.2, -0.15) is 4.98 Å². The SMILES string of the molecule is Cc1ccc(N2CCCC(c3noc(Cc4ccc(F)cc4)n3)CC2=O)cn1. The second kappa shape index (κ2) is 7.88. The fourth-order valence-corrected chi connectivity index (χ4v) is 3.44. The molecule has 2 aromatic heterocycles. The van der Waals surface area contributed by atoms with Crippen molar-refractivity contribution in [3.8, 4) is 0 Å². The maximum atomic E-state index is 13.0. The van der Waals surface area contributed by atoms with Crippen molar-refractivity contribution < 1.29 is 13.7 Å². The number of hydrogen-bond donors (Lipinski definition) is 0. The van der Waals surface area contributed by atoms with Crippen molar-refractivity contribution >= 4 is 11.6 Å². The highest BCUT2D eigenvalue weighted by Crippen LogP contribution is 2.29. The highest BCUT2D eigenvalue weighted by atomic mass is 19.1. The van der Waals surface area contributed by atoms with Gasteiger partial charge in [-0.3, -0.25) is 9.78 Å². The third kappa shape index (κ3) is 4.08. The van der Waals surface area contributed by atoms with Crippen molar-refractivity contribution in [2.45, 2.75) is 38.5 Å². The van der Waals surface area contributed by atoms with Gasteiger partial charge >= 0.3 is 0 Å². The van der Waals surface area contributed by atoms with Gasteiger partial charge in [-0.25, -0.2) is 4.39 Å². The van der Waals surface area contributed by atoms with Crippen LogP contribution in [0.2, 0.25) is 0 Å². The molecular weight excluding hydrogens is 359 g/mol. The number of anilines is 1. The van der Waals surface area contributed by atoms with E-state index in [1.54, 1.807) is 23.2 Å². The molecule has 3 heterocycles. The molecule has 144 valence electrons. The summed E-state index contributed by atoms with van der Waals surface area (Å²) in [6, 6.07) is 10.0. The van der Waals surface area contributed by atoms with Crippen LogP contribution < -0.4 is 4.90 Å². The number of carbonyl (C=O) groups excluding carboxylic acids is 1. The monoisotopic (exact) mass is 380 g/mol. The van der Waals surface area contributed by atoms with E-state index in [2.05, 4.69) is 15.1 Å². The van der Waals surface area contributed by atoms with Gasteiger partial charge in [-0.1, -0.05) is 17.3 Å². The topological polar surface area (TPSA) is 72.1 Å². The summed E-state index contributed by atoms with van der Waals surface area (Å²) < 4.78 is 18.4. The summed E-state index contributed by atoms with van der Waals surface area (Å²) in [5.74, 6) is 0.729. The highest BCUT2D eigenvalue weighted by Gasteiger charge is 2.28. The lowest BCUT2D eigenvalue weighted by atomic mass is 10.00. The number of carbonyl (C=O) groups is 1. The highest BCUT2D eigenvalue weighted by molar-refractivity contribution is 5.93. The minimum atomic E-state index is -0.278. The molecule has 1 fully saturated rings. The Morgan fingerprint density at radius 2 is 2.04 bits per heavy atom. The van der Waals surface area contributed by atoms with E-state index >= 15 is 0 Å². The third-order valence-corrected chi connectivity index (χ3v) is 4.98. The molecule has 3 aromatic rings. The molecule has 7 heteroatoms. The zero-order valence-corrected chi connectivity index (χ0v) is 15.6. The van der Waals surface area contributed by atoms with Crippen LogP contribution in [0.3, 0.4) is 0 Å². The normalized spacial score (nSPS) is 17.6. The standard InChI is InChI=1S/C21H21FN4O2/c1-14-4-9-18(13-23-14)26-10-2-3-16(12-20(26)27)21-24-19(28-25-21)11-15-5-7-17(22)8-6-15/h4-9,13,16H,2-3,10-12H2,1H3. The maximum Gasteiger partial charge on any atom is 0.231 e. The molecule has 28 heavy (non-hydrogen) atoms. The molecule has 6 nitrogen and oxygen atoms in total. The second-order valence-electron chi connectivity index (χ2n) is 7.10. The van der Waals surface area contributed by atoms with E-state index < -0.39 is 0 Å². The molecule has 0 saturated carbocycles. The molecule has 0 radical (unpaired) electrons. The van der Waals surface area contributed by atoms with E-state index in [4.69, 9.17) is 4.52 Å². The van der Waals surface area contributed by atoms with E-state index in [9.17, 15) is 9.18 Å². The van der Waals surface area contributed by atoms with Crippen LogP contribution in [0.15, 0.2) is 47.1 Å². The third-order valence-electron chi connectivity index (χ3n) is 4.98. The van der Waals surface area contributed by atoms with Crippen LogP contribution in [-0.2, 0) is 11.2 Å². The number of aromatic nitrogens is 3. The molecule has 1 unspecified atom stereocenters. The summed E-state index contributed by atoms with van der Waals surface area (Å²) >= 11 is 0. The van der Waals surface area contributed by atoms with E-state index in [-0.39, 0.29) is 17.6 Å². The smallest absolute Gasteiger partial charge is 0.231 e. The number of nitrogens with zero attached hydrogens (tertiary/aromatic N) is 4. The minimum Gasteiger partial charge on any atom is -0.339 e.